The van der Waals surface area contributed by atoms with E-state index in [2.05, 4.69) is 4.98 Å². The molecule has 0 aliphatic heterocycles. The van der Waals surface area contributed by atoms with E-state index >= 15 is 0 Å². The molecule has 0 spiro atoms. The molecule has 0 bridgehead atoms. The van der Waals surface area contributed by atoms with Gasteiger partial charge in [0.1, 0.15) is 0 Å². The summed E-state index contributed by atoms with van der Waals surface area (Å²) in [7, 11) is 3.22. The molecule has 2 rings (SSSR count). The second kappa shape index (κ2) is 4.58. The van der Waals surface area contributed by atoms with Gasteiger partial charge >= 0.3 is 0 Å². The molecule has 4 heteroatoms. The van der Waals surface area contributed by atoms with Crippen molar-refractivity contribution in [1.29, 1.82) is 0 Å². The molecule has 1 aromatic heterocycles. The van der Waals surface area contributed by atoms with E-state index in [0.29, 0.717) is 17.4 Å². The summed E-state index contributed by atoms with van der Waals surface area (Å²) in [6.45, 7) is 0. The van der Waals surface area contributed by atoms with Crippen molar-refractivity contribution in [3.63, 3.8) is 0 Å². The third-order valence-corrected chi connectivity index (χ3v) is 2.77. The first kappa shape index (κ1) is 11.0. The second-order valence-electron chi connectivity index (χ2n) is 3.33. The quantitative estimate of drug-likeness (QED) is 0.769. The average Bonchev–Trinajstić information content (AvgIpc) is 2.36. The third-order valence-electron chi connectivity index (χ3n) is 2.48. The molecule has 0 fully saturated rings. The molecule has 0 unspecified atom stereocenters. The first-order valence-corrected chi connectivity index (χ1v) is 5.39. The number of aromatic nitrogens is 1. The summed E-state index contributed by atoms with van der Waals surface area (Å²) in [5.74, 6) is 1.82. The zero-order valence-electron chi connectivity index (χ0n) is 9.16. The van der Waals surface area contributed by atoms with Crippen molar-refractivity contribution in [2.24, 2.45) is 0 Å². The van der Waals surface area contributed by atoms with Crippen LogP contribution in [0.25, 0.3) is 10.9 Å². The van der Waals surface area contributed by atoms with Crippen LogP contribution in [0.4, 0.5) is 0 Å². The van der Waals surface area contributed by atoms with Crippen molar-refractivity contribution in [3.8, 4) is 11.5 Å². The minimum absolute atomic E-state index is 0.453. The lowest BCUT2D eigenvalue weighted by Gasteiger charge is -2.10. The average molecular weight is 238 g/mol. The fourth-order valence-electron chi connectivity index (χ4n) is 1.65. The van der Waals surface area contributed by atoms with Crippen LogP contribution in [0.5, 0.6) is 11.5 Å². The van der Waals surface area contributed by atoms with Crippen molar-refractivity contribution >= 4 is 22.5 Å². The minimum atomic E-state index is 0.453. The van der Waals surface area contributed by atoms with Crippen LogP contribution in [0.3, 0.4) is 0 Å². The maximum absolute atomic E-state index is 5.88. The molecule has 0 radical (unpaired) electrons. The normalized spacial score (nSPS) is 10.4. The molecular formula is C12H12ClNO2. The Morgan fingerprint density at radius 1 is 1.19 bits per heavy atom. The lowest BCUT2D eigenvalue weighted by molar-refractivity contribution is 0.356. The number of hydrogen-bond acceptors (Lipinski definition) is 3. The lowest BCUT2D eigenvalue weighted by Crippen LogP contribution is -1.93. The fourth-order valence-corrected chi connectivity index (χ4v) is 1.88. The molecule has 1 heterocycles. The number of alkyl halides is 1. The van der Waals surface area contributed by atoms with Crippen molar-refractivity contribution in [1.82, 2.24) is 4.98 Å². The largest absolute Gasteiger partial charge is 0.493 e. The van der Waals surface area contributed by atoms with Crippen molar-refractivity contribution in [2.45, 2.75) is 5.88 Å². The lowest BCUT2D eigenvalue weighted by atomic mass is 10.1. The predicted molar refractivity (Wildman–Crippen MR) is 64.4 cm³/mol. The van der Waals surface area contributed by atoms with Gasteiger partial charge in [-0.2, -0.15) is 0 Å². The SMILES string of the molecule is COc1cc2nccc(CCl)c2cc1OC. The van der Waals surface area contributed by atoms with E-state index in [0.717, 1.165) is 16.5 Å². The number of halogens is 1. The van der Waals surface area contributed by atoms with Gasteiger partial charge in [0.2, 0.25) is 0 Å². The van der Waals surface area contributed by atoms with E-state index < -0.39 is 0 Å². The van der Waals surface area contributed by atoms with Crippen LogP contribution < -0.4 is 9.47 Å². The van der Waals surface area contributed by atoms with Crippen LogP contribution in [0.1, 0.15) is 5.56 Å². The van der Waals surface area contributed by atoms with E-state index in [1.165, 1.54) is 0 Å². The highest BCUT2D eigenvalue weighted by Gasteiger charge is 2.08. The summed E-state index contributed by atoms with van der Waals surface area (Å²) in [5.41, 5.74) is 1.89. The van der Waals surface area contributed by atoms with Crippen LogP contribution >= 0.6 is 11.6 Å². The number of rotatable bonds is 3. The number of methoxy groups -OCH3 is 2. The molecule has 0 aliphatic carbocycles. The van der Waals surface area contributed by atoms with Crippen LogP contribution in [0, 0.1) is 0 Å². The Labute approximate surface area is 99.0 Å². The zero-order valence-corrected chi connectivity index (χ0v) is 9.91. The summed E-state index contributed by atoms with van der Waals surface area (Å²) in [6, 6.07) is 5.66. The molecule has 0 atom stereocenters. The van der Waals surface area contributed by atoms with E-state index in [4.69, 9.17) is 21.1 Å². The zero-order chi connectivity index (χ0) is 11.5. The number of nitrogens with zero attached hydrogens (tertiary/aromatic N) is 1. The third kappa shape index (κ3) is 1.78. The van der Waals surface area contributed by atoms with E-state index in [9.17, 15) is 0 Å². The van der Waals surface area contributed by atoms with Gasteiger partial charge in [0.25, 0.3) is 0 Å². The molecule has 0 N–H and O–H groups in total. The molecular weight excluding hydrogens is 226 g/mol. The molecule has 1 aromatic carbocycles. The van der Waals surface area contributed by atoms with Crippen LogP contribution in [0.15, 0.2) is 24.4 Å². The summed E-state index contributed by atoms with van der Waals surface area (Å²) in [4.78, 5) is 4.28. The molecule has 84 valence electrons. The van der Waals surface area contributed by atoms with Crippen molar-refractivity contribution < 1.29 is 9.47 Å². The van der Waals surface area contributed by atoms with Gasteiger partial charge in [-0.3, -0.25) is 4.98 Å². The maximum atomic E-state index is 5.88. The van der Waals surface area contributed by atoms with E-state index in [1.807, 2.05) is 18.2 Å². The predicted octanol–water partition coefficient (Wildman–Crippen LogP) is 2.99. The van der Waals surface area contributed by atoms with Crippen molar-refractivity contribution in [2.75, 3.05) is 14.2 Å². The highest BCUT2D eigenvalue weighted by atomic mass is 35.5. The Hall–Kier alpha value is -1.48. The smallest absolute Gasteiger partial charge is 0.162 e. The van der Waals surface area contributed by atoms with Gasteiger partial charge in [0, 0.05) is 23.5 Å². The van der Waals surface area contributed by atoms with Gasteiger partial charge < -0.3 is 9.47 Å². The molecule has 0 saturated heterocycles. The summed E-state index contributed by atoms with van der Waals surface area (Å²) in [6.07, 6.45) is 1.74. The monoisotopic (exact) mass is 237 g/mol. The van der Waals surface area contributed by atoms with E-state index in [1.54, 1.807) is 20.4 Å². The minimum Gasteiger partial charge on any atom is -0.493 e. The molecule has 0 amide bonds. The summed E-state index contributed by atoms with van der Waals surface area (Å²) in [5, 5.41) is 0.996. The Kier molecular flexibility index (Phi) is 3.15. The fraction of sp³-hybridized carbons (Fsp3) is 0.250. The molecule has 3 nitrogen and oxygen atoms in total. The van der Waals surface area contributed by atoms with Gasteiger partial charge in [-0.25, -0.2) is 0 Å². The Bertz CT molecular complexity index is 514. The molecule has 0 saturated carbocycles. The summed E-state index contributed by atoms with van der Waals surface area (Å²) >= 11 is 5.88. The number of ether oxygens (including phenoxy) is 2. The number of benzene rings is 1. The van der Waals surface area contributed by atoms with Crippen LogP contribution in [-0.2, 0) is 5.88 Å². The van der Waals surface area contributed by atoms with Crippen molar-refractivity contribution in [3.05, 3.63) is 30.0 Å². The highest BCUT2D eigenvalue weighted by Crippen LogP contribution is 2.32. The van der Waals surface area contributed by atoms with Crippen LogP contribution in [-0.4, -0.2) is 19.2 Å². The number of pyridine rings is 1. The van der Waals surface area contributed by atoms with Gasteiger partial charge in [-0.15, -0.1) is 11.6 Å². The standard InChI is InChI=1S/C12H12ClNO2/c1-15-11-5-9-8(7-13)3-4-14-10(9)6-12(11)16-2/h3-6H,7H2,1-2H3. The van der Waals surface area contributed by atoms with Gasteiger partial charge in [-0.1, -0.05) is 0 Å². The highest BCUT2D eigenvalue weighted by molar-refractivity contribution is 6.18. The topological polar surface area (TPSA) is 31.4 Å². The molecule has 2 aromatic rings. The number of fused-ring (bicyclic) bond motifs is 1. The van der Waals surface area contributed by atoms with E-state index in [-0.39, 0.29) is 0 Å². The molecule has 16 heavy (non-hydrogen) atoms. The second-order valence-corrected chi connectivity index (χ2v) is 3.60. The summed E-state index contributed by atoms with van der Waals surface area (Å²) < 4.78 is 10.5. The van der Waals surface area contributed by atoms with Gasteiger partial charge in [0.15, 0.2) is 11.5 Å². The van der Waals surface area contributed by atoms with Crippen LogP contribution in [0.2, 0.25) is 0 Å². The number of hydrogen-bond donors (Lipinski definition) is 0. The molecule has 0 aliphatic rings. The first-order valence-electron chi connectivity index (χ1n) is 4.85. The Morgan fingerprint density at radius 2 is 1.88 bits per heavy atom. The maximum Gasteiger partial charge on any atom is 0.162 e. The Morgan fingerprint density at radius 3 is 2.50 bits per heavy atom. The Balaban J connectivity index is 2.72. The first-order chi connectivity index (χ1) is 7.80. The van der Waals surface area contributed by atoms with Gasteiger partial charge in [-0.05, 0) is 17.7 Å². The van der Waals surface area contributed by atoms with Gasteiger partial charge in [0.05, 0.1) is 19.7 Å².